The molecule has 0 spiro atoms. The number of amides is 2. The molecule has 10 nitrogen and oxygen atoms in total. The number of hydrogen-bond donors (Lipinski definition) is 2. The monoisotopic (exact) mass is 626 g/mol. The van der Waals surface area contributed by atoms with Gasteiger partial charge in [-0.25, -0.2) is 4.79 Å². The van der Waals surface area contributed by atoms with Crippen molar-refractivity contribution in [1.29, 1.82) is 0 Å². The van der Waals surface area contributed by atoms with Crippen molar-refractivity contribution in [2.75, 3.05) is 24.5 Å². The number of anilines is 1. The van der Waals surface area contributed by atoms with Gasteiger partial charge in [0, 0.05) is 48.9 Å². The van der Waals surface area contributed by atoms with Crippen LogP contribution in [-0.4, -0.2) is 46.4 Å². The average molecular weight is 627 g/mol. The second-order valence-electron chi connectivity index (χ2n) is 11.6. The van der Waals surface area contributed by atoms with E-state index in [0.717, 1.165) is 45.7 Å². The molecule has 0 saturated heterocycles. The lowest BCUT2D eigenvalue weighted by Gasteiger charge is -2.20. The van der Waals surface area contributed by atoms with Gasteiger partial charge < -0.3 is 20.0 Å². The molecular formula is C37H34N6O4. The minimum Gasteiger partial charge on any atom is -0.422 e. The van der Waals surface area contributed by atoms with Gasteiger partial charge in [-0.15, -0.1) is 5.10 Å². The number of rotatable bonds is 11. The molecule has 2 heterocycles. The van der Waals surface area contributed by atoms with Gasteiger partial charge in [-0.2, -0.15) is 0 Å². The van der Waals surface area contributed by atoms with Crippen molar-refractivity contribution >= 4 is 60.8 Å². The number of nitrogens with zero attached hydrogens (tertiary/aromatic N) is 4. The first kappa shape index (κ1) is 29.9. The number of fused-ring (bicyclic) bond motifs is 1. The first-order chi connectivity index (χ1) is 22.9. The van der Waals surface area contributed by atoms with Crippen LogP contribution in [0, 0.1) is 0 Å². The Morgan fingerprint density at radius 3 is 2.30 bits per heavy atom. The van der Waals surface area contributed by atoms with Crippen molar-refractivity contribution in [3.8, 4) is 0 Å². The minimum absolute atomic E-state index is 0.0686. The molecule has 0 unspecified atom stereocenters. The highest BCUT2D eigenvalue weighted by Crippen LogP contribution is 2.35. The molecule has 2 N–H and O–H groups in total. The lowest BCUT2D eigenvalue weighted by atomic mass is 9.92. The summed E-state index contributed by atoms with van der Waals surface area (Å²) in [4.78, 5) is 40.9. The number of aromatic nitrogens is 3. The Hall–Kier alpha value is -5.77. The number of nitrogens with one attached hydrogen (secondary N) is 2. The van der Waals surface area contributed by atoms with Crippen LogP contribution in [0.15, 0.2) is 94.3 Å². The second kappa shape index (κ2) is 12.6. The summed E-state index contributed by atoms with van der Waals surface area (Å²) in [5.41, 5.74) is 1.83. The fourth-order valence-corrected chi connectivity index (χ4v) is 6.31. The van der Waals surface area contributed by atoms with E-state index in [1.807, 2.05) is 36.4 Å². The van der Waals surface area contributed by atoms with Gasteiger partial charge in [0.25, 0.3) is 11.8 Å². The molecule has 0 aliphatic carbocycles. The number of carbonyl (C=O) groups excluding carboxylic acids is 2. The molecule has 236 valence electrons. The van der Waals surface area contributed by atoms with Crippen LogP contribution in [0.25, 0.3) is 43.3 Å². The average Bonchev–Trinajstić information content (AvgIpc) is 3.55. The van der Waals surface area contributed by atoms with E-state index < -0.39 is 11.5 Å². The maximum atomic E-state index is 13.2. The highest BCUT2D eigenvalue weighted by molar-refractivity contribution is 6.26. The Morgan fingerprint density at radius 2 is 1.51 bits per heavy atom. The number of benzene rings is 5. The van der Waals surface area contributed by atoms with Crippen LogP contribution in [0.2, 0.25) is 0 Å². The quantitative estimate of drug-likeness (QED) is 0.105. The fraction of sp³-hybridized carbons (Fsp3) is 0.216. The van der Waals surface area contributed by atoms with Gasteiger partial charge >= 0.3 is 5.63 Å². The molecule has 0 aliphatic rings. The van der Waals surface area contributed by atoms with Crippen LogP contribution >= 0.6 is 0 Å². The van der Waals surface area contributed by atoms with Crippen LogP contribution in [0.1, 0.15) is 46.7 Å². The Kier molecular flexibility index (Phi) is 7.99. The van der Waals surface area contributed by atoms with Crippen molar-refractivity contribution in [3.05, 3.63) is 112 Å². The van der Waals surface area contributed by atoms with Crippen LogP contribution in [-0.2, 0) is 13.1 Å². The molecule has 0 fully saturated rings. The summed E-state index contributed by atoms with van der Waals surface area (Å²) in [6, 6.07) is 25.7. The zero-order valence-electron chi connectivity index (χ0n) is 26.2. The maximum Gasteiger partial charge on any atom is 0.349 e. The van der Waals surface area contributed by atoms with Crippen LogP contribution in [0.3, 0.4) is 0 Å². The molecule has 47 heavy (non-hydrogen) atoms. The Bertz CT molecular complexity index is 2300. The van der Waals surface area contributed by atoms with E-state index in [1.165, 1.54) is 5.39 Å². The predicted molar refractivity (Wildman–Crippen MR) is 184 cm³/mol. The van der Waals surface area contributed by atoms with Crippen LogP contribution in [0.4, 0.5) is 5.69 Å². The lowest BCUT2D eigenvalue weighted by molar-refractivity contribution is 0.0941. The van der Waals surface area contributed by atoms with Crippen molar-refractivity contribution < 1.29 is 14.0 Å². The SMILES string of the molecule is CCN(CC)c1ccc2cc(C(=O)NCc3cn(CCCNC(=O)c4ccc5ccc6cccc7ccc4c5c67)nn3)c(=O)oc2c1. The lowest BCUT2D eigenvalue weighted by Crippen LogP contribution is -2.28. The summed E-state index contributed by atoms with van der Waals surface area (Å²) < 4.78 is 7.16. The predicted octanol–water partition coefficient (Wildman–Crippen LogP) is 5.88. The zero-order valence-corrected chi connectivity index (χ0v) is 26.2. The van der Waals surface area contributed by atoms with Crippen molar-refractivity contribution in [2.45, 2.75) is 33.4 Å². The molecule has 7 aromatic rings. The fourth-order valence-electron chi connectivity index (χ4n) is 6.31. The summed E-state index contributed by atoms with van der Waals surface area (Å²) in [5.74, 6) is -0.662. The smallest absolute Gasteiger partial charge is 0.349 e. The number of hydrogen-bond acceptors (Lipinski definition) is 7. The Labute approximate surface area is 270 Å². The van der Waals surface area contributed by atoms with Crippen LogP contribution < -0.4 is 21.2 Å². The Balaban J connectivity index is 0.938. The molecule has 5 aromatic carbocycles. The van der Waals surface area contributed by atoms with E-state index >= 15 is 0 Å². The highest BCUT2D eigenvalue weighted by atomic mass is 16.4. The summed E-state index contributed by atoms with van der Waals surface area (Å²) in [7, 11) is 0. The standard InChI is InChI=1S/C37H34N6O4/c1-3-42(4-2)28-14-11-26-19-31(37(46)47-32(26)20-28)36(45)39-21-27-22-43(41-40-27)18-6-17-38-35(44)30-16-13-25-10-9-23-7-5-8-24-12-15-29(30)34(25)33(23)24/h5,7-16,19-20,22H,3-4,6,17-18,21H2,1-2H3,(H,38,44)(H,39,45). The molecule has 2 aromatic heterocycles. The van der Waals surface area contributed by atoms with Gasteiger partial charge in [0.05, 0.1) is 12.7 Å². The molecule has 0 aliphatic heterocycles. The third kappa shape index (κ3) is 5.74. The molecule has 0 atom stereocenters. The molecule has 0 saturated carbocycles. The maximum absolute atomic E-state index is 13.2. The highest BCUT2D eigenvalue weighted by Gasteiger charge is 2.17. The first-order valence-electron chi connectivity index (χ1n) is 15.9. The normalized spacial score (nSPS) is 11.5. The van der Waals surface area contributed by atoms with Gasteiger partial charge in [-0.3, -0.25) is 14.3 Å². The second-order valence-corrected chi connectivity index (χ2v) is 11.6. The van der Waals surface area contributed by atoms with Crippen LogP contribution in [0.5, 0.6) is 0 Å². The van der Waals surface area contributed by atoms with Crippen molar-refractivity contribution in [2.24, 2.45) is 0 Å². The van der Waals surface area contributed by atoms with Crippen molar-refractivity contribution in [3.63, 3.8) is 0 Å². The van der Waals surface area contributed by atoms with E-state index in [-0.39, 0.29) is 18.0 Å². The van der Waals surface area contributed by atoms with E-state index in [4.69, 9.17) is 4.42 Å². The zero-order chi connectivity index (χ0) is 32.5. The largest absolute Gasteiger partial charge is 0.422 e. The van der Waals surface area contributed by atoms with E-state index in [1.54, 1.807) is 16.9 Å². The molecule has 0 bridgehead atoms. The summed E-state index contributed by atoms with van der Waals surface area (Å²) in [6.45, 7) is 6.87. The number of carbonyl (C=O) groups is 2. The molecule has 0 radical (unpaired) electrons. The van der Waals surface area contributed by atoms with Gasteiger partial charge in [-0.05, 0) is 76.9 Å². The third-order valence-corrected chi connectivity index (χ3v) is 8.73. The topological polar surface area (TPSA) is 122 Å². The summed E-state index contributed by atoms with van der Waals surface area (Å²) >= 11 is 0. The van der Waals surface area contributed by atoms with E-state index in [2.05, 4.69) is 76.1 Å². The molecular weight excluding hydrogens is 592 g/mol. The molecule has 2 amide bonds. The third-order valence-electron chi connectivity index (χ3n) is 8.73. The van der Waals surface area contributed by atoms with Crippen molar-refractivity contribution in [1.82, 2.24) is 25.6 Å². The summed E-state index contributed by atoms with van der Waals surface area (Å²) in [6.07, 6.45) is 2.38. The Morgan fingerprint density at radius 1 is 0.809 bits per heavy atom. The molecule has 10 heteroatoms. The summed E-state index contributed by atoms with van der Waals surface area (Å²) in [5, 5.41) is 21.4. The van der Waals surface area contributed by atoms with Gasteiger partial charge in [0.1, 0.15) is 16.8 Å². The molecule has 7 rings (SSSR count). The van der Waals surface area contributed by atoms with Gasteiger partial charge in [-0.1, -0.05) is 53.7 Å². The number of aryl methyl sites for hydroxylation is 1. The van der Waals surface area contributed by atoms with Gasteiger partial charge in [0.2, 0.25) is 0 Å². The van der Waals surface area contributed by atoms with E-state index in [9.17, 15) is 14.4 Å². The van der Waals surface area contributed by atoms with Gasteiger partial charge in [0.15, 0.2) is 0 Å². The minimum atomic E-state index is -0.695. The first-order valence-corrected chi connectivity index (χ1v) is 15.9. The van der Waals surface area contributed by atoms with E-state index in [0.29, 0.717) is 41.7 Å².